The molecule has 0 atom stereocenters. The Morgan fingerprint density at radius 2 is 1.72 bits per heavy atom. The fraction of sp³-hybridized carbons (Fsp3) is 0.625. The van der Waals surface area contributed by atoms with Crippen LogP contribution in [0.25, 0.3) is 0 Å². The highest BCUT2D eigenvalue weighted by Crippen LogP contribution is 2.41. The van der Waals surface area contributed by atoms with E-state index in [1.165, 1.54) is 0 Å². The van der Waals surface area contributed by atoms with E-state index in [2.05, 4.69) is 13.8 Å². The van der Waals surface area contributed by atoms with Gasteiger partial charge in [-0.3, -0.25) is 0 Å². The van der Waals surface area contributed by atoms with Crippen LogP contribution in [0.4, 0.5) is 0 Å². The van der Waals surface area contributed by atoms with E-state index in [-0.39, 0.29) is 0 Å². The van der Waals surface area contributed by atoms with Crippen LogP contribution in [0.3, 0.4) is 0 Å². The monoisotopic (exact) mass is 248 g/mol. The smallest absolute Gasteiger partial charge is 0.118 e. The average Bonchev–Trinajstić information content (AvgIpc) is 2.39. The van der Waals surface area contributed by atoms with Gasteiger partial charge in [0.2, 0.25) is 0 Å². The Bertz CT molecular complexity index is 373. The van der Waals surface area contributed by atoms with Crippen LogP contribution in [0, 0.1) is 11.8 Å². The van der Waals surface area contributed by atoms with Crippen molar-refractivity contribution in [3.63, 3.8) is 0 Å². The lowest BCUT2D eigenvalue weighted by molar-refractivity contribution is -0.0199. The minimum atomic E-state index is -0.627. The van der Waals surface area contributed by atoms with Crippen molar-refractivity contribution in [3.05, 3.63) is 29.8 Å². The van der Waals surface area contributed by atoms with Crippen LogP contribution in [-0.4, -0.2) is 12.2 Å². The van der Waals surface area contributed by atoms with E-state index >= 15 is 0 Å². The molecular formula is C16H24O2. The molecule has 0 saturated heterocycles. The van der Waals surface area contributed by atoms with Gasteiger partial charge < -0.3 is 9.84 Å². The van der Waals surface area contributed by atoms with Crippen LogP contribution in [0.5, 0.6) is 5.75 Å². The first kappa shape index (κ1) is 13.4. The molecular weight excluding hydrogens is 224 g/mol. The van der Waals surface area contributed by atoms with Crippen LogP contribution in [-0.2, 0) is 5.60 Å². The van der Waals surface area contributed by atoms with Gasteiger partial charge in [0.25, 0.3) is 0 Å². The Labute approximate surface area is 110 Å². The highest BCUT2D eigenvalue weighted by molar-refractivity contribution is 5.31. The Morgan fingerprint density at radius 3 is 2.17 bits per heavy atom. The molecule has 1 N–H and O–H groups in total. The number of hydrogen-bond donors (Lipinski definition) is 1. The summed E-state index contributed by atoms with van der Waals surface area (Å²) in [6, 6.07) is 7.85. The molecule has 0 bridgehead atoms. The SMILES string of the molecule is COc1ccc(C2(O)CCC(C(C)C)CC2)cc1. The van der Waals surface area contributed by atoms with Gasteiger partial charge in [0.1, 0.15) is 5.75 Å². The maximum absolute atomic E-state index is 10.8. The Hall–Kier alpha value is -1.02. The molecule has 2 heteroatoms. The van der Waals surface area contributed by atoms with Crippen LogP contribution in [0.2, 0.25) is 0 Å². The maximum atomic E-state index is 10.8. The van der Waals surface area contributed by atoms with Crippen LogP contribution >= 0.6 is 0 Å². The molecule has 0 heterocycles. The minimum Gasteiger partial charge on any atom is -0.497 e. The van der Waals surface area contributed by atoms with E-state index in [9.17, 15) is 5.11 Å². The van der Waals surface area contributed by atoms with Crippen LogP contribution in [0.15, 0.2) is 24.3 Å². The molecule has 2 rings (SSSR count). The van der Waals surface area contributed by atoms with E-state index in [4.69, 9.17) is 4.74 Å². The van der Waals surface area contributed by atoms with E-state index in [1.807, 2.05) is 24.3 Å². The first-order valence-corrected chi connectivity index (χ1v) is 6.92. The summed E-state index contributed by atoms with van der Waals surface area (Å²) in [5.74, 6) is 2.34. The molecule has 1 saturated carbocycles. The fourth-order valence-corrected chi connectivity index (χ4v) is 2.97. The lowest BCUT2D eigenvalue weighted by Gasteiger charge is -2.38. The molecule has 1 fully saturated rings. The number of ether oxygens (including phenoxy) is 1. The molecule has 1 aliphatic rings. The van der Waals surface area contributed by atoms with Crippen molar-refractivity contribution in [2.45, 2.75) is 45.1 Å². The van der Waals surface area contributed by atoms with Crippen molar-refractivity contribution in [2.75, 3.05) is 7.11 Å². The first-order chi connectivity index (χ1) is 8.55. The molecule has 100 valence electrons. The van der Waals surface area contributed by atoms with E-state index in [0.29, 0.717) is 0 Å². The number of aliphatic hydroxyl groups is 1. The van der Waals surface area contributed by atoms with Crippen molar-refractivity contribution in [1.82, 2.24) is 0 Å². The summed E-state index contributed by atoms with van der Waals surface area (Å²) in [4.78, 5) is 0. The quantitative estimate of drug-likeness (QED) is 0.883. The summed E-state index contributed by atoms with van der Waals surface area (Å²) in [7, 11) is 1.66. The zero-order valence-corrected chi connectivity index (χ0v) is 11.6. The molecule has 1 aromatic rings. The van der Waals surface area contributed by atoms with Gasteiger partial charge in [-0.25, -0.2) is 0 Å². The molecule has 0 amide bonds. The summed E-state index contributed by atoms with van der Waals surface area (Å²) in [5.41, 5.74) is 0.406. The molecule has 0 spiro atoms. The summed E-state index contributed by atoms with van der Waals surface area (Å²) in [5, 5.41) is 10.8. The second-order valence-corrected chi connectivity index (χ2v) is 5.84. The Kier molecular flexibility index (Phi) is 3.96. The standard InChI is InChI=1S/C16H24O2/c1-12(2)13-8-10-16(17,11-9-13)14-4-6-15(18-3)7-5-14/h4-7,12-13,17H,8-11H2,1-3H3. The van der Waals surface area contributed by atoms with E-state index in [1.54, 1.807) is 7.11 Å². The molecule has 2 nitrogen and oxygen atoms in total. The molecule has 0 aromatic heterocycles. The second kappa shape index (κ2) is 5.31. The average molecular weight is 248 g/mol. The van der Waals surface area contributed by atoms with Gasteiger partial charge in [-0.1, -0.05) is 26.0 Å². The number of benzene rings is 1. The maximum Gasteiger partial charge on any atom is 0.118 e. The molecule has 1 aliphatic carbocycles. The van der Waals surface area contributed by atoms with Gasteiger partial charge in [0.15, 0.2) is 0 Å². The van der Waals surface area contributed by atoms with E-state index < -0.39 is 5.60 Å². The van der Waals surface area contributed by atoms with Crippen molar-refractivity contribution >= 4 is 0 Å². The molecule has 0 unspecified atom stereocenters. The Balaban J connectivity index is 2.08. The van der Waals surface area contributed by atoms with Crippen molar-refractivity contribution in [1.29, 1.82) is 0 Å². The van der Waals surface area contributed by atoms with Crippen molar-refractivity contribution < 1.29 is 9.84 Å². The zero-order valence-electron chi connectivity index (χ0n) is 11.6. The summed E-state index contributed by atoms with van der Waals surface area (Å²) >= 11 is 0. The number of rotatable bonds is 3. The summed E-state index contributed by atoms with van der Waals surface area (Å²) < 4.78 is 5.16. The van der Waals surface area contributed by atoms with Gasteiger partial charge in [0, 0.05) is 0 Å². The van der Waals surface area contributed by atoms with Crippen LogP contribution in [0.1, 0.15) is 45.1 Å². The van der Waals surface area contributed by atoms with Gasteiger partial charge in [0.05, 0.1) is 12.7 Å². The largest absolute Gasteiger partial charge is 0.497 e. The third-order valence-electron chi connectivity index (χ3n) is 4.43. The summed E-state index contributed by atoms with van der Waals surface area (Å²) in [6.07, 6.45) is 4.00. The third kappa shape index (κ3) is 2.69. The highest BCUT2D eigenvalue weighted by atomic mass is 16.5. The molecule has 1 aromatic carbocycles. The van der Waals surface area contributed by atoms with Gasteiger partial charge in [-0.2, -0.15) is 0 Å². The van der Waals surface area contributed by atoms with Crippen LogP contribution < -0.4 is 4.74 Å². The molecule has 0 radical (unpaired) electrons. The molecule has 18 heavy (non-hydrogen) atoms. The predicted molar refractivity (Wildman–Crippen MR) is 73.7 cm³/mol. The second-order valence-electron chi connectivity index (χ2n) is 5.84. The Morgan fingerprint density at radius 1 is 1.17 bits per heavy atom. The van der Waals surface area contributed by atoms with Crippen molar-refractivity contribution in [2.24, 2.45) is 11.8 Å². The van der Waals surface area contributed by atoms with Gasteiger partial charge >= 0.3 is 0 Å². The lowest BCUT2D eigenvalue weighted by atomic mass is 9.72. The zero-order chi connectivity index (χ0) is 13.2. The lowest BCUT2D eigenvalue weighted by Crippen LogP contribution is -2.32. The third-order valence-corrected chi connectivity index (χ3v) is 4.43. The summed E-state index contributed by atoms with van der Waals surface area (Å²) in [6.45, 7) is 4.56. The van der Waals surface area contributed by atoms with Gasteiger partial charge in [-0.15, -0.1) is 0 Å². The topological polar surface area (TPSA) is 29.5 Å². The highest BCUT2D eigenvalue weighted by Gasteiger charge is 2.35. The van der Waals surface area contributed by atoms with E-state index in [0.717, 1.165) is 48.8 Å². The number of methoxy groups -OCH3 is 1. The van der Waals surface area contributed by atoms with Gasteiger partial charge in [-0.05, 0) is 55.2 Å². The minimum absolute atomic E-state index is 0.627. The molecule has 0 aliphatic heterocycles. The van der Waals surface area contributed by atoms with Crippen molar-refractivity contribution in [3.8, 4) is 5.75 Å². The number of hydrogen-bond acceptors (Lipinski definition) is 2. The normalized spacial score (nSPS) is 28.4. The first-order valence-electron chi connectivity index (χ1n) is 6.92. The predicted octanol–water partition coefficient (Wildman–Crippen LogP) is 3.73. The fourth-order valence-electron chi connectivity index (χ4n) is 2.97.